The van der Waals surface area contributed by atoms with E-state index in [0.717, 1.165) is 11.5 Å². The van der Waals surface area contributed by atoms with Gasteiger partial charge in [-0.25, -0.2) is 0 Å². The van der Waals surface area contributed by atoms with Crippen molar-refractivity contribution in [2.45, 2.75) is 0 Å². The first-order valence-electron chi connectivity index (χ1n) is 4.59. The molecule has 7 heteroatoms. The summed E-state index contributed by atoms with van der Waals surface area (Å²) in [6.07, 6.45) is 0. The molecule has 1 fully saturated rings. The van der Waals surface area contributed by atoms with Crippen LogP contribution in [0.5, 0.6) is 0 Å². The third-order valence-corrected chi connectivity index (χ3v) is 4.70. The number of halogens is 1. The summed E-state index contributed by atoms with van der Waals surface area (Å²) < 4.78 is 0. The summed E-state index contributed by atoms with van der Waals surface area (Å²) in [6, 6.07) is 0. The first-order chi connectivity index (χ1) is 7.24. The van der Waals surface area contributed by atoms with Crippen molar-refractivity contribution in [3.8, 4) is 0 Å². The Hall–Kier alpha value is 0.120. The number of rotatable bonds is 1. The van der Waals surface area contributed by atoms with Crippen molar-refractivity contribution in [2.24, 2.45) is 0 Å². The number of amides is 2. The van der Waals surface area contributed by atoms with E-state index in [1.165, 1.54) is 0 Å². The molecule has 0 saturated carbocycles. The minimum absolute atomic E-state index is 0.0312. The molecule has 1 aliphatic heterocycles. The van der Waals surface area contributed by atoms with Crippen molar-refractivity contribution in [3.63, 3.8) is 0 Å². The summed E-state index contributed by atoms with van der Waals surface area (Å²) in [6.45, 7) is 1.48. The van der Waals surface area contributed by atoms with Crippen molar-refractivity contribution < 1.29 is 9.59 Å². The van der Waals surface area contributed by atoms with Gasteiger partial charge in [0.05, 0.1) is 11.9 Å². The van der Waals surface area contributed by atoms with Crippen LogP contribution in [0.1, 0.15) is 0 Å². The monoisotopic (exact) mass is 312 g/mol. The molecular weight excluding hydrogens is 300 g/mol. The first kappa shape index (κ1) is 13.2. The fourth-order valence-corrected chi connectivity index (χ4v) is 3.35. The fraction of sp³-hybridized carbons (Fsp3) is 0.750. The lowest BCUT2D eigenvalue weighted by atomic mass is 10.4. The maximum Gasteiger partial charge on any atom is 0.239 e. The van der Waals surface area contributed by atoms with Crippen molar-refractivity contribution in [1.29, 1.82) is 0 Å². The zero-order valence-corrected chi connectivity index (χ0v) is 11.4. The van der Waals surface area contributed by atoms with E-state index >= 15 is 0 Å². The van der Waals surface area contributed by atoms with E-state index in [1.807, 2.05) is 0 Å². The molecule has 15 heavy (non-hydrogen) atoms. The Morgan fingerprint density at radius 1 is 1.47 bits per heavy atom. The average Bonchev–Trinajstić information content (AvgIpc) is 2.25. The predicted molar refractivity (Wildman–Crippen MR) is 68.3 cm³/mol. The molecule has 0 aromatic heterocycles. The summed E-state index contributed by atoms with van der Waals surface area (Å²) in [5, 5.41) is 3.05. The van der Waals surface area contributed by atoms with Gasteiger partial charge in [0.15, 0.2) is 0 Å². The maximum absolute atomic E-state index is 11.5. The molecule has 0 aliphatic carbocycles. The molecule has 4 nitrogen and oxygen atoms in total. The van der Waals surface area contributed by atoms with E-state index in [1.54, 1.807) is 26.5 Å². The molecule has 1 heterocycles. The van der Waals surface area contributed by atoms with Gasteiger partial charge in [-0.3, -0.25) is 9.59 Å². The van der Waals surface area contributed by atoms with Gasteiger partial charge in [-0.05, 0) is 0 Å². The Bertz CT molecular complexity index is 241. The van der Waals surface area contributed by atoms with Crippen LogP contribution in [0.3, 0.4) is 0 Å². The SMILES string of the molecule is O=C1CN(C(=O)CBr)CCSSCCN1. The highest BCUT2D eigenvalue weighted by atomic mass is 79.9. The molecule has 2 amide bonds. The molecule has 1 rings (SSSR count). The number of hydrogen-bond acceptors (Lipinski definition) is 4. The van der Waals surface area contributed by atoms with Gasteiger partial charge in [-0.2, -0.15) is 0 Å². The summed E-state index contributed by atoms with van der Waals surface area (Å²) in [7, 11) is 3.47. The van der Waals surface area contributed by atoms with E-state index in [0.29, 0.717) is 13.1 Å². The van der Waals surface area contributed by atoms with Crippen LogP contribution in [0.15, 0.2) is 0 Å². The van der Waals surface area contributed by atoms with Crippen molar-refractivity contribution in [3.05, 3.63) is 0 Å². The number of carbonyl (C=O) groups is 2. The highest BCUT2D eigenvalue weighted by molar-refractivity contribution is 9.09. The van der Waals surface area contributed by atoms with E-state index < -0.39 is 0 Å². The number of alkyl halides is 1. The van der Waals surface area contributed by atoms with Crippen LogP contribution in [0.2, 0.25) is 0 Å². The summed E-state index contributed by atoms with van der Waals surface area (Å²) in [5.41, 5.74) is 0. The quantitative estimate of drug-likeness (QED) is 0.572. The van der Waals surface area contributed by atoms with Gasteiger partial charge in [0, 0.05) is 24.6 Å². The minimum Gasteiger partial charge on any atom is -0.354 e. The van der Waals surface area contributed by atoms with E-state index in [-0.39, 0.29) is 23.7 Å². The van der Waals surface area contributed by atoms with Crippen LogP contribution in [-0.4, -0.2) is 53.2 Å². The minimum atomic E-state index is -0.0724. The summed E-state index contributed by atoms with van der Waals surface area (Å²) >= 11 is 3.12. The van der Waals surface area contributed by atoms with Crippen LogP contribution in [0.25, 0.3) is 0 Å². The van der Waals surface area contributed by atoms with E-state index in [9.17, 15) is 9.59 Å². The molecule has 1 saturated heterocycles. The second kappa shape index (κ2) is 7.40. The van der Waals surface area contributed by atoms with E-state index in [2.05, 4.69) is 21.2 Å². The molecule has 1 aliphatic rings. The van der Waals surface area contributed by atoms with Crippen LogP contribution >= 0.6 is 37.5 Å². The predicted octanol–water partition coefficient (Wildman–Crippen LogP) is 0.721. The Kier molecular flexibility index (Phi) is 6.51. The van der Waals surface area contributed by atoms with Crippen molar-refractivity contribution in [2.75, 3.05) is 36.5 Å². The maximum atomic E-state index is 11.5. The number of hydrogen-bond donors (Lipinski definition) is 1. The van der Waals surface area contributed by atoms with Crippen LogP contribution in [0.4, 0.5) is 0 Å². The van der Waals surface area contributed by atoms with Gasteiger partial charge in [0.1, 0.15) is 0 Å². The lowest BCUT2D eigenvalue weighted by Gasteiger charge is -2.22. The molecule has 0 spiro atoms. The summed E-state index contributed by atoms with van der Waals surface area (Å²) in [5.74, 6) is 1.69. The molecule has 0 unspecified atom stereocenters. The number of nitrogens with zero attached hydrogens (tertiary/aromatic N) is 1. The number of carbonyl (C=O) groups excluding carboxylic acids is 2. The Morgan fingerprint density at radius 2 is 2.20 bits per heavy atom. The van der Waals surface area contributed by atoms with Crippen LogP contribution in [-0.2, 0) is 9.59 Å². The highest BCUT2D eigenvalue weighted by Crippen LogP contribution is 2.20. The molecule has 0 aromatic carbocycles. The Morgan fingerprint density at radius 3 is 2.93 bits per heavy atom. The van der Waals surface area contributed by atoms with Crippen LogP contribution < -0.4 is 5.32 Å². The lowest BCUT2D eigenvalue weighted by molar-refractivity contribution is -0.133. The molecular formula is C8H13BrN2O2S2. The molecule has 0 atom stereocenters. The largest absolute Gasteiger partial charge is 0.354 e. The van der Waals surface area contributed by atoms with Crippen LogP contribution in [0, 0.1) is 0 Å². The lowest BCUT2D eigenvalue weighted by Crippen LogP contribution is -2.43. The van der Waals surface area contributed by atoms with Gasteiger partial charge >= 0.3 is 0 Å². The zero-order chi connectivity index (χ0) is 11.1. The highest BCUT2D eigenvalue weighted by Gasteiger charge is 2.16. The second-order valence-corrected chi connectivity index (χ2v) is 6.21. The third-order valence-electron chi connectivity index (χ3n) is 1.84. The Labute approximate surface area is 105 Å². The average molecular weight is 313 g/mol. The van der Waals surface area contributed by atoms with Gasteiger partial charge in [0.25, 0.3) is 0 Å². The first-order valence-corrected chi connectivity index (χ1v) is 8.20. The van der Waals surface area contributed by atoms with Gasteiger partial charge < -0.3 is 10.2 Å². The van der Waals surface area contributed by atoms with Gasteiger partial charge in [-0.1, -0.05) is 37.5 Å². The third kappa shape index (κ3) is 5.12. The molecule has 0 radical (unpaired) electrons. The van der Waals surface area contributed by atoms with Gasteiger partial charge in [-0.15, -0.1) is 0 Å². The smallest absolute Gasteiger partial charge is 0.239 e. The zero-order valence-electron chi connectivity index (χ0n) is 8.20. The Balaban J connectivity index is 2.50. The normalized spacial score (nSPS) is 19.5. The molecule has 86 valence electrons. The van der Waals surface area contributed by atoms with Gasteiger partial charge in [0.2, 0.25) is 11.8 Å². The second-order valence-electron chi connectivity index (χ2n) is 2.94. The topological polar surface area (TPSA) is 49.4 Å². The standard InChI is InChI=1S/C8H13BrN2O2S2/c9-5-8(13)11-2-4-15-14-3-1-10-7(12)6-11/h1-6H2,(H,10,12). The number of nitrogens with one attached hydrogen (secondary N) is 1. The summed E-state index contributed by atoms with van der Waals surface area (Å²) in [4.78, 5) is 24.4. The van der Waals surface area contributed by atoms with Crippen molar-refractivity contribution >= 4 is 49.3 Å². The fourth-order valence-electron chi connectivity index (χ4n) is 1.10. The van der Waals surface area contributed by atoms with E-state index in [4.69, 9.17) is 0 Å². The van der Waals surface area contributed by atoms with Crippen molar-refractivity contribution in [1.82, 2.24) is 10.2 Å². The molecule has 1 N–H and O–H groups in total. The molecule has 0 bridgehead atoms. The molecule has 0 aromatic rings.